The van der Waals surface area contributed by atoms with Gasteiger partial charge in [0.2, 0.25) is 0 Å². The zero-order valence-corrected chi connectivity index (χ0v) is 17.4. The van der Waals surface area contributed by atoms with Gasteiger partial charge in [-0.05, 0) is 18.2 Å². The number of esters is 2. The molecule has 0 radical (unpaired) electrons. The Morgan fingerprint density at radius 2 is 1.24 bits per heavy atom. The third-order valence-corrected chi connectivity index (χ3v) is 5.56. The Labute approximate surface area is 190 Å². The number of ketones is 1. The highest BCUT2D eigenvalue weighted by atomic mass is 16.7. The third kappa shape index (κ3) is 3.49. The fourth-order valence-corrected chi connectivity index (χ4v) is 3.99. The summed E-state index contributed by atoms with van der Waals surface area (Å²) in [6, 6.07) is 30.7. The first-order valence-corrected chi connectivity index (χ1v) is 10.4. The van der Waals surface area contributed by atoms with Gasteiger partial charge < -0.3 is 9.47 Å². The van der Waals surface area contributed by atoms with Crippen molar-refractivity contribution >= 4 is 17.7 Å². The van der Waals surface area contributed by atoms with Gasteiger partial charge in [0.1, 0.15) is 0 Å². The fraction of sp³-hybridized carbons (Fsp3) is 0.0357. The Bertz CT molecular complexity index is 1360. The number of rotatable bonds is 5. The monoisotopic (exact) mass is 434 g/mol. The van der Waals surface area contributed by atoms with Gasteiger partial charge in [0.15, 0.2) is 5.78 Å². The summed E-state index contributed by atoms with van der Waals surface area (Å²) in [7, 11) is 0. The van der Waals surface area contributed by atoms with Crippen molar-refractivity contribution < 1.29 is 23.9 Å². The van der Waals surface area contributed by atoms with Crippen molar-refractivity contribution in [1.82, 2.24) is 0 Å². The smallest absolute Gasteiger partial charge is 0.342 e. The molecule has 0 aromatic heterocycles. The molecule has 1 heterocycles. The van der Waals surface area contributed by atoms with E-state index in [0.29, 0.717) is 22.3 Å². The van der Waals surface area contributed by atoms with Crippen molar-refractivity contribution in [2.45, 2.75) is 5.79 Å². The van der Waals surface area contributed by atoms with Gasteiger partial charge in [-0.2, -0.15) is 0 Å². The first kappa shape index (κ1) is 20.4. The van der Waals surface area contributed by atoms with Crippen molar-refractivity contribution in [2.24, 2.45) is 0 Å². The van der Waals surface area contributed by atoms with Gasteiger partial charge in [0.05, 0.1) is 16.7 Å². The van der Waals surface area contributed by atoms with E-state index >= 15 is 0 Å². The van der Waals surface area contributed by atoms with E-state index in [9.17, 15) is 14.4 Å². The maximum atomic E-state index is 13.5. The summed E-state index contributed by atoms with van der Waals surface area (Å²) in [5, 5.41) is 0. The molecule has 0 spiro atoms. The SMILES string of the molecule is O=C(O[C@]1(c2ccccc2)OC(=O)c2ccccc21)c1ccccc1C(=O)c1ccccc1. The highest BCUT2D eigenvalue weighted by Crippen LogP contribution is 2.43. The van der Waals surface area contributed by atoms with Gasteiger partial charge in [-0.25, -0.2) is 9.59 Å². The quantitative estimate of drug-likeness (QED) is 0.321. The number of hydrogen-bond donors (Lipinski definition) is 0. The molecule has 0 amide bonds. The zero-order valence-electron chi connectivity index (χ0n) is 17.4. The van der Waals surface area contributed by atoms with Gasteiger partial charge in [0.25, 0.3) is 0 Å². The van der Waals surface area contributed by atoms with Crippen LogP contribution >= 0.6 is 0 Å². The maximum absolute atomic E-state index is 13.5. The van der Waals surface area contributed by atoms with Crippen LogP contribution in [0.3, 0.4) is 0 Å². The van der Waals surface area contributed by atoms with Gasteiger partial charge in [-0.3, -0.25) is 4.79 Å². The number of hydrogen-bond acceptors (Lipinski definition) is 5. The van der Waals surface area contributed by atoms with Crippen LogP contribution in [0.5, 0.6) is 0 Å². The molecule has 0 saturated heterocycles. The van der Waals surface area contributed by atoms with Crippen molar-refractivity contribution in [1.29, 1.82) is 0 Å². The van der Waals surface area contributed by atoms with E-state index in [2.05, 4.69) is 0 Å². The molecule has 4 aromatic carbocycles. The van der Waals surface area contributed by atoms with Crippen molar-refractivity contribution in [3.05, 3.63) is 143 Å². The van der Waals surface area contributed by atoms with E-state index < -0.39 is 17.7 Å². The summed E-state index contributed by atoms with van der Waals surface area (Å²) in [6.07, 6.45) is 0. The number of cyclic esters (lactones) is 1. The van der Waals surface area contributed by atoms with E-state index in [1.54, 1.807) is 91.0 Å². The highest BCUT2D eigenvalue weighted by molar-refractivity contribution is 6.14. The van der Waals surface area contributed by atoms with E-state index in [1.807, 2.05) is 12.1 Å². The first-order chi connectivity index (χ1) is 16.1. The molecule has 0 saturated carbocycles. The number of ether oxygens (including phenoxy) is 2. The molecule has 0 bridgehead atoms. The molecule has 5 heteroatoms. The van der Waals surface area contributed by atoms with Gasteiger partial charge in [-0.1, -0.05) is 91.0 Å². The average molecular weight is 434 g/mol. The van der Waals surface area contributed by atoms with E-state index in [4.69, 9.17) is 9.47 Å². The predicted octanol–water partition coefficient (Wildman–Crippen LogP) is 5.15. The lowest BCUT2D eigenvalue weighted by molar-refractivity contribution is -0.137. The maximum Gasteiger partial charge on any atom is 0.342 e. The average Bonchev–Trinajstić information content (AvgIpc) is 3.17. The lowest BCUT2D eigenvalue weighted by atomic mass is 9.95. The molecule has 5 rings (SSSR count). The minimum absolute atomic E-state index is 0.0853. The van der Waals surface area contributed by atoms with Crippen molar-refractivity contribution in [3.8, 4) is 0 Å². The normalized spacial score (nSPS) is 16.5. The Morgan fingerprint density at radius 1 is 0.667 bits per heavy atom. The molecule has 160 valence electrons. The van der Waals surface area contributed by atoms with E-state index in [-0.39, 0.29) is 16.9 Å². The second kappa shape index (κ2) is 8.20. The molecule has 0 N–H and O–H groups in total. The summed E-state index contributed by atoms with van der Waals surface area (Å²) < 4.78 is 11.7. The Kier molecular flexibility index (Phi) is 5.07. The second-order valence-corrected chi connectivity index (χ2v) is 7.55. The standard InChI is InChI=1S/C28H18O5/c29-25(19-11-3-1-4-12-19)21-15-7-8-16-22(21)26(30)32-28(20-13-5-2-6-14-20)24-18-10-9-17-23(24)27(31)33-28/h1-18H/t28-/m1/s1. The van der Waals surface area contributed by atoms with Crippen LogP contribution in [0.1, 0.15) is 47.8 Å². The number of carbonyl (C=O) groups excluding carboxylic acids is 3. The first-order valence-electron chi connectivity index (χ1n) is 10.4. The molecular weight excluding hydrogens is 416 g/mol. The summed E-state index contributed by atoms with van der Waals surface area (Å²) in [4.78, 5) is 39.3. The van der Waals surface area contributed by atoms with Crippen LogP contribution in [-0.2, 0) is 15.3 Å². The van der Waals surface area contributed by atoms with Gasteiger partial charge >= 0.3 is 17.7 Å². The number of carbonyl (C=O) groups is 3. The lowest BCUT2D eigenvalue weighted by Gasteiger charge is -2.29. The van der Waals surface area contributed by atoms with Crippen LogP contribution in [0.2, 0.25) is 0 Å². The van der Waals surface area contributed by atoms with E-state index in [0.717, 1.165) is 0 Å². The van der Waals surface area contributed by atoms with Gasteiger partial charge in [0, 0.05) is 16.7 Å². The molecular formula is C28H18O5. The van der Waals surface area contributed by atoms with Crippen LogP contribution in [0.25, 0.3) is 0 Å². The van der Waals surface area contributed by atoms with Crippen LogP contribution in [0, 0.1) is 0 Å². The minimum Gasteiger partial charge on any atom is -0.410 e. The van der Waals surface area contributed by atoms with Crippen LogP contribution in [0.4, 0.5) is 0 Å². The minimum atomic E-state index is -1.76. The van der Waals surface area contributed by atoms with Crippen LogP contribution in [-0.4, -0.2) is 17.7 Å². The topological polar surface area (TPSA) is 69.7 Å². The predicted molar refractivity (Wildman–Crippen MR) is 121 cm³/mol. The molecule has 0 unspecified atom stereocenters. The van der Waals surface area contributed by atoms with E-state index in [1.165, 1.54) is 6.07 Å². The Morgan fingerprint density at radius 3 is 1.97 bits per heavy atom. The summed E-state index contributed by atoms with van der Waals surface area (Å²) in [5.74, 6) is -3.42. The molecule has 5 nitrogen and oxygen atoms in total. The molecule has 4 aromatic rings. The fourth-order valence-electron chi connectivity index (χ4n) is 3.99. The second-order valence-electron chi connectivity index (χ2n) is 7.55. The Balaban J connectivity index is 1.59. The van der Waals surface area contributed by atoms with Crippen LogP contribution < -0.4 is 0 Å². The molecule has 1 atom stereocenters. The lowest BCUT2D eigenvalue weighted by Crippen LogP contribution is -2.34. The Hall–Kier alpha value is -4.51. The number of benzene rings is 4. The number of fused-ring (bicyclic) bond motifs is 1. The molecule has 0 aliphatic carbocycles. The molecule has 33 heavy (non-hydrogen) atoms. The van der Waals surface area contributed by atoms with Crippen molar-refractivity contribution in [2.75, 3.05) is 0 Å². The molecule has 0 fully saturated rings. The molecule has 1 aliphatic heterocycles. The summed E-state index contributed by atoms with van der Waals surface area (Å²) >= 11 is 0. The highest BCUT2D eigenvalue weighted by Gasteiger charge is 2.51. The van der Waals surface area contributed by atoms with Crippen LogP contribution in [0.15, 0.2) is 109 Å². The third-order valence-electron chi connectivity index (χ3n) is 5.56. The largest absolute Gasteiger partial charge is 0.410 e. The summed E-state index contributed by atoms with van der Waals surface area (Å²) in [5.41, 5.74) is 1.98. The molecule has 1 aliphatic rings. The van der Waals surface area contributed by atoms with Crippen molar-refractivity contribution in [3.63, 3.8) is 0 Å². The zero-order chi connectivity index (χ0) is 22.8. The summed E-state index contributed by atoms with van der Waals surface area (Å²) in [6.45, 7) is 0. The van der Waals surface area contributed by atoms with Gasteiger partial charge in [-0.15, -0.1) is 0 Å².